The van der Waals surface area contributed by atoms with Crippen LogP contribution in [0.3, 0.4) is 0 Å². The highest BCUT2D eigenvalue weighted by Gasteiger charge is 2.33. The summed E-state index contributed by atoms with van der Waals surface area (Å²) in [6.45, 7) is 0.166. The lowest BCUT2D eigenvalue weighted by atomic mass is 10.1. The number of amides is 2. The minimum atomic E-state index is -0.301. The molecule has 0 saturated carbocycles. The molecule has 2 amide bonds. The van der Waals surface area contributed by atoms with Crippen LogP contribution in [0, 0.1) is 0 Å². The minimum absolute atomic E-state index is 0.166. The molecule has 0 saturated heterocycles. The van der Waals surface area contributed by atoms with Gasteiger partial charge in [0.15, 0.2) is 0 Å². The Labute approximate surface area is 113 Å². The van der Waals surface area contributed by atoms with Crippen molar-refractivity contribution in [3.05, 3.63) is 63.8 Å². The summed E-state index contributed by atoms with van der Waals surface area (Å²) in [6, 6.07) is 6.74. The van der Waals surface area contributed by atoms with Gasteiger partial charge in [0.05, 0.1) is 16.8 Å². The number of aromatic amines is 2. The first-order valence-electron chi connectivity index (χ1n) is 6.06. The van der Waals surface area contributed by atoms with Gasteiger partial charge >= 0.3 is 5.69 Å². The first-order valence-corrected chi connectivity index (χ1v) is 6.06. The van der Waals surface area contributed by atoms with Crippen LogP contribution in [0.4, 0.5) is 0 Å². The van der Waals surface area contributed by atoms with Crippen LogP contribution < -0.4 is 5.69 Å². The van der Waals surface area contributed by atoms with Crippen molar-refractivity contribution in [3.8, 4) is 0 Å². The molecule has 100 valence electrons. The molecule has 2 heterocycles. The summed E-state index contributed by atoms with van der Waals surface area (Å²) < 4.78 is 0. The third kappa shape index (κ3) is 1.97. The lowest BCUT2D eigenvalue weighted by Crippen LogP contribution is -2.29. The van der Waals surface area contributed by atoms with E-state index in [1.54, 1.807) is 36.4 Å². The molecule has 0 atom stereocenters. The number of imidazole rings is 1. The van der Waals surface area contributed by atoms with Gasteiger partial charge in [-0.2, -0.15) is 0 Å². The number of benzene rings is 1. The number of nitrogens with zero attached hydrogens (tertiary/aromatic N) is 1. The number of hydrogen-bond donors (Lipinski definition) is 2. The van der Waals surface area contributed by atoms with E-state index in [4.69, 9.17) is 0 Å². The van der Waals surface area contributed by atoms with Crippen molar-refractivity contribution in [1.29, 1.82) is 0 Å². The predicted octanol–water partition coefficient (Wildman–Crippen LogP) is 1.01. The van der Waals surface area contributed by atoms with Gasteiger partial charge in [0.25, 0.3) is 11.8 Å². The molecule has 0 spiro atoms. The van der Waals surface area contributed by atoms with E-state index in [-0.39, 0.29) is 24.0 Å². The molecule has 2 aromatic rings. The Morgan fingerprint density at radius 1 is 1.05 bits per heavy atom. The van der Waals surface area contributed by atoms with Crippen LogP contribution in [0.1, 0.15) is 26.4 Å². The Morgan fingerprint density at radius 3 is 2.25 bits per heavy atom. The van der Waals surface area contributed by atoms with Crippen LogP contribution in [0.25, 0.3) is 6.08 Å². The predicted molar refractivity (Wildman–Crippen MR) is 72.3 cm³/mol. The van der Waals surface area contributed by atoms with Crippen molar-refractivity contribution in [3.63, 3.8) is 0 Å². The van der Waals surface area contributed by atoms with E-state index in [9.17, 15) is 14.4 Å². The maximum atomic E-state index is 12.1. The summed E-state index contributed by atoms with van der Waals surface area (Å²) in [7, 11) is 0. The Balaban J connectivity index is 1.77. The Hall–Kier alpha value is -2.89. The van der Waals surface area contributed by atoms with Gasteiger partial charge in [0.1, 0.15) is 0 Å². The van der Waals surface area contributed by atoms with E-state index in [0.29, 0.717) is 16.8 Å². The maximum Gasteiger partial charge on any atom is 0.323 e. The molecule has 1 aromatic carbocycles. The minimum Gasteiger partial charge on any atom is -0.312 e. The van der Waals surface area contributed by atoms with E-state index in [0.717, 1.165) is 0 Å². The molecule has 0 radical (unpaired) electrons. The van der Waals surface area contributed by atoms with Crippen LogP contribution in [0.2, 0.25) is 0 Å². The Bertz CT molecular complexity index is 735. The summed E-state index contributed by atoms with van der Waals surface area (Å²) in [5, 5.41) is 0. The Morgan fingerprint density at radius 2 is 1.70 bits per heavy atom. The smallest absolute Gasteiger partial charge is 0.312 e. The van der Waals surface area contributed by atoms with Crippen molar-refractivity contribution < 1.29 is 9.59 Å². The van der Waals surface area contributed by atoms with Crippen molar-refractivity contribution >= 4 is 17.9 Å². The molecule has 20 heavy (non-hydrogen) atoms. The van der Waals surface area contributed by atoms with Crippen LogP contribution in [-0.4, -0.2) is 33.2 Å². The zero-order valence-corrected chi connectivity index (χ0v) is 10.4. The molecule has 0 bridgehead atoms. The number of nitrogens with one attached hydrogen (secondary N) is 2. The number of carbonyl (C=O) groups is 2. The number of aromatic nitrogens is 2. The molecule has 1 aromatic heterocycles. The molecule has 3 rings (SSSR count). The average Bonchev–Trinajstić information content (AvgIpc) is 2.97. The van der Waals surface area contributed by atoms with E-state index < -0.39 is 0 Å². The lowest BCUT2D eigenvalue weighted by molar-refractivity contribution is 0.0672. The van der Waals surface area contributed by atoms with Crippen LogP contribution >= 0.6 is 0 Å². The summed E-state index contributed by atoms with van der Waals surface area (Å²) >= 11 is 0. The number of fused-ring (bicyclic) bond motifs is 1. The lowest BCUT2D eigenvalue weighted by Gasteiger charge is -2.10. The van der Waals surface area contributed by atoms with Gasteiger partial charge < -0.3 is 9.97 Å². The monoisotopic (exact) mass is 269 g/mol. The summed E-state index contributed by atoms with van der Waals surface area (Å²) in [4.78, 5) is 41.2. The molecule has 2 N–H and O–H groups in total. The highest BCUT2D eigenvalue weighted by molar-refractivity contribution is 6.21. The van der Waals surface area contributed by atoms with Crippen LogP contribution in [0.5, 0.6) is 0 Å². The average molecular weight is 269 g/mol. The Kier molecular flexibility index (Phi) is 2.83. The van der Waals surface area contributed by atoms with Crippen molar-refractivity contribution in [2.75, 3.05) is 6.54 Å². The largest absolute Gasteiger partial charge is 0.323 e. The standard InChI is InChI=1S/C14H11N3O3/c18-12-10-5-1-2-6-11(10)13(19)17(12)7-3-4-9-8-15-14(20)16-9/h1-6,8H,7H2,(H2,15,16,20). The highest BCUT2D eigenvalue weighted by atomic mass is 16.2. The van der Waals surface area contributed by atoms with E-state index in [1.165, 1.54) is 11.1 Å². The van der Waals surface area contributed by atoms with Gasteiger partial charge in [-0.05, 0) is 18.2 Å². The van der Waals surface area contributed by atoms with Gasteiger partial charge in [-0.15, -0.1) is 0 Å². The quantitative estimate of drug-likeness (QED) is 0.815. The second kappa shape index (κ2) is 4.65. The fraction of sp³-hybridized carbons (Fsp3) is 0.0714. The van der Waals surface area contributed by atoms with Gasteiger partial charge in [-0.3, -0.25) is 14.5 Å². The number of carbonyl (C=O) groups excluding carboxylic acids is 2. The molecule has 6 heteroatoms. The van der Waals surface area contributed by atoms with Crippen molar-refractivity contribution in [1.82, 2.24) is 14.9 Å². The number of rotatable bonds is 3. The number of imide groups is 1. The first-order chi connectivity index (χ1) is 9.66. The fourth-order valence-electron chi connectivity index (χ4n) is 2.13. The normalized spacial score (nSPS) is 14.3. The maximum absolute atomic E-state index is 12.1. The number of hydrogen-bond acceptors (Lipinski definition) is 3. The van der Waals surface area contributed by atoms with Crippen LogP contribution in [-0.2, 0) is 0 Å². The highest BCUT2D eigenvalue weighted by Crippen LogP contribution is 2.22. The first kappa shape index (κ1) is 12.2. The second-order valence-electron chi connectivity index (χ2n) is 4.37. The van der Waals surface area contributed by atoms with E-state index in [1.807, 2.05) is 0 Å². The second-order valence-corrected chi connectivity index (χ2v) is 4.37. The van der Waals surface area contributed by atoms with Crippen molar-refractivity contribution in [2.45, 2.75) is 0 Å². The van der Waals surface area contributed by atoms with Gasteiger partial charge in [0, 0.05) is 12.7 Å². The SMILES string of the molecule is O=C1c2ccccc2C(=O)N1CC=Cc1c[nH]c(=O)[nH]1. The molecule has 0 aliphatic carbocycles. The van der Waals surface area contributed by atoms with Gasteiger partial charge in [-0.1, -0.05) is 18.2 Å². The molecule has 1 aliphatic rings. The fourth-order valence-corrected chi connectivity index (χ4v) is 2.13. The molecular weight excluding hydrogens is 258 g/mol. The van der Waals surface area contributed by atoms with E-state index in [2.05, 4.69) is 9.97 Å². The third-order valence-corrected chi connectivity index (χ3v) is 3.08. The topological polar surface area (TPSA) is 86.0 Å². The summed E-state index contributed by atoms with van der Waals surface area (Å²) in [5.41, 5.74) is 1.15. The van der Waals surface area contributed by atoms with E-state index >= 15 is 0 Å². The molecule has 6 nitrogen and oxygen atoms in total. The summed E-state index contributed by atoms with van der Waals surface area (Å²) in [6.07, 6.45) is 4.81. The number of H-pyrrole nitrogens is 2. The molecule has 0 fully saturated rings. The van der Waals surface area contributed by atoms with Gasteiger partial charge in [0.2, 0.25) is 0 Å². The molecular formula is C14H11N3O3. The molecule has 1 aliphatic heterocycles. The van der Waals surface area contributed by atoms with Gasteiger partial charge in [-0.25, -0.2) is 4.79 Å². The zero-order valence-electron chi connectivity index (χ0n) is 10.4. The zero-order chi connectivity index (χ0) is 14.1. The van der Waals surface area contributed by atoms with Crippen LogP contribution in [0.15, 0.2) is 41.3 Å². The summed E-state index contributed by atoms with van der Waals surface area (Å²) in [5.74, 6) is -0.587. The molecule has 0 unspecified atom stereocenters. The van der Waals surface area contributed by atoms with Crippen molar-refractivity contribution in [2.24, 2.45) is 0 Å². The third-order valence-electron chi connectivity index (χ3n) is 3.08.